The van der Waals surface area contributed by atoms with Gasteiger partial charge in [0.1, 0.15) is 5.82 Å². The molecular weight excluding hydrogens is 457 g/mol. The first-order valence-corrected chi connectivity index (χ1v) is 11.2. The van der Waals surface area contributed by atoms with Crippen LogP contribution >= 0.6 is 11.6 Å². The number of nitrogens with one attached hydrogen (secondary N) is 1. The number of amides is 1. The summed E-state index contributed by atoms with van der Waals surface area (Å²) in [7, 11) is 0. The van der Waals surface area contributed by atoms with E-state index in [1.54, 1.807) is 54.6 Å². The van der Waals surface area contributed by atoms with Gasteiger partial charge in [-0.2, -0.15) is 0 Å². The first-order chi connectivity index (χ1) is 16.3. The zero-order valence-corrected chi connectivity index (χ0v) is 19.5. The van der Waals surface area contributed by atoms with Crippen molar-refractivity contribution in [3.8, 4) is 5.69 Å². The summed E-state index contributed by atoms with van der Waals surface area (Å²) in [6, 6.07) is 17.7. The number of hydrogen-bond acceptors (Lipinski definition) is 3. The first-order valence-electron chi connectivity index (χ1n) is 10.8. The van der Waals surface area contributed by atoms with Crippen LogP contribution in [0.1, 0.15) is 25.0 Å². The zero-order chi connectivity index (χ0) is 24.4. The molecule has 0 unspecified atom stereocenters. The van der Waals surface area contributed by atoms with Crippen molar-refractivity contribution >= 4 is 28.4 Å². The average Bonchev–Trinajstić information content (AvgIpc) is 2.79. The Morgan fingerprint density at radius 1 is 1.00 bits per heavy atom. The van der Waals surface area contributed by atoms with Gasteiger partial charge in [0.2, 0.25) is 5.91 Å². The van der Waals surface area contributed by atoms with Gasteiger partial charge in [0.15, 0.2) is 0 Å². The first kappa shape index (κ1) is 23.4. The minimum Gasteiger partial charge on any atom is -0.354 e. The monoisotopic (exact) mass is 479 g/mol. The van der Waals surface area contributed by atoms with E-state index in [1.807, 2.05) is 13.8 Å². The molecule has 3 aromatic carbocycles. The van der Waals surface area contributed by atoms with E-state index in [0.29, 0.717) is 16.6 Å². The Kier molecular flexibility index (Phi) is 6.65. The SMILES string of the molecule is CC(C)NC(=O)Cc1ccc(-n2c(=O)c3ccccc3n(Cc3c(F)cccc3Cl)c2=O)cc1. The van der Waals surface area contributed by atoms with Crippen LogP contribution < -0.4 is 16.6 Å². The smallest absolute Gasteiger partial charge is 0.336 e. The maximum atomic E-state index is 14.5. The van der Waals surface area contributed by atoms with Crippen molar-refractivity contribution < 1.29 is 9.18 Å². The Hall–Kier alpha value is -3.71. The van der Waals surface area contributed by atoms with Gasteiger partial charge in [-0.15, -0.1) is 0 Å². The number of halogens is 2. The quantitative estimate of drug-likeness (QED) is 0.453. The molecule has 1 aromatic heterocycles. The molecule has 0 aliphatic carbocycles. The molecule has 34 heavy (non-hydrogen) atoms. The third-order valence-corrected chi connectivity index (χ3v) is 5.79. The van der Waals surface area contributed by atoms with Crippen molar-refractivity contribution in [3.63, 3.8) is 0 Å². The van der Waals surface area contributed by atoms with E-state index < -0.39 is 17.1 Å². The lowest BCUT2D eigenvalue weighted by atomic mass is 10.1. The molecule has 0 aliphatic rings. The van der Waals surface area contributed by atoms with Crippen LogP contribution in [0.25, 0.3) is 16.6 Å². The molecule has 0 atom stereocenters. The highest BCUT2D eigenvalue weighted by molar-refractivity contribution is 6.31. The molecule has 1 heterocycles. The van der Waals surface area contributed by atoms with E-state index in [9.17, 15) is 18.8 Å². The molecule has 8 heteroatoms. The Labute approximate surface area is 200 Å². The molecule has 0 radical (unpaired) electrons. The average molecular weight is 480 g/mol. The summed E-state index contributed by atoms with van der Waals surface area (Å²) in [6.07, 6.45) is 0.182. The molecule has 4 aromatic rings. The fourth-order valence-electron chi connectivity index (χ4n) is 3.86. The predicted octanol–water partition coefficient (Wildman–Crippen LogP) is 4.06. The summed E-state index contributed by atoms with van der Waals surface area (Å²) in [4.78, 5) is 38.8. The molecule has 174 valence electrons. The Bertz CT molecular complexity index is 1470. The molecule has 1 N–H and O–H groups in total. The van der Waals surface area contributed by atoms with Crippen molar-refractivity contribution in [1.29, 1.82) is 0 Å². The molecule has 0 saturated heterocycles. The second-order valence-corrected chi connectivity index (χ2v) is 8.70. The summed E-state index contributed by atoms with van der Waals surface area (Å²) in [6.45, 7) is 3.62. The second kappa shape index (κ2) is 9.65. The van der Waals surface area contributed by atoms with E-state index in [0.717, 1.165) is 10.1 Å². The van der Waals surface area contributed by atoms with Crippen LogP contribution in [0.2, 0.25) is 5.02 Å². The number of para-hydroxylation sites is 1. The maximum Gasteiger partial charge on any atom is 0.336 e. The van der Waals surface area contributed by atoms with Gasteiger partial charge in [-0.25, -0.2) is 13.8 Å². The van der Waals surface area contributed by atoms with Crippen molar-refractivity contribution in [2.45, 2.75) is 32.9 Å². The van der Waals surface area contributed by atoms with Gasteiger partial charge in [-0.3, -0.25) is 14.2 Å². The third-order valence-electron chi connectivity index (χ3n) is 5.44. The second-order valence-electron chi connectivity index (χ2n) is 8.29. The number of benzene rings is 3. The molecule has 4 rings (SSSR count). The number of nitrogens with zero attached hydrogens (tertiary/aromatic N) is 2. The lowest BCUT2D eigenvalue weighted by Crippen LogP contribution is -2.39. The molecule has 0 saturated carbocycles. The van der Waals surface area contributed by atoms with Crippen LogP contribution in [0.15, 0.2) is 76.3 Å². The lowest BCUT2D eigenvalue weighted by Gasteiger charge is -2.15. The Balaban J connectivity index is 1.82. The highest BCUT2D eigenvalue weighted by Crippen LogP contribution is 2.21. The molecule has 0 fully saturated rings. The fourth-order valence-corrected chi connectivity index (χ4v) is 4.09. The van der Waals surface area contributed by atoms with E-state index in [-0.39, 0.29) is 35.5 Å². The number of hydrogen-bond donors (Lipinski definition) is 1. The number of rotatable bonds is 6. The van der Waals surface area contributed by atoms with Crippen LogP contribution in [0, 0.1) is 5.82 Å². The van der Waals surface area contributed by atoms with Gasteiger partial charge >= 0.3 is 5.69 Å². The largest absolute Gasteiger partial charge is 0.354 e. The van der Waals surface area contributed by atoms with Gasteiger partial charge in [0, 0.05) is 16.6 Å². The molecular formula is C26H23ClFN3O3. The van der Waals surface area contributed by atoms with Crippen molar-refractivity contribution in [2.24, 2.45) is 0 Å². The molecule has 0 aliphatic heterocycles. The van der Waals surface area contributed by atoms with Crippen LogP contribution in [0.3, 0.4) is 0 Å². The molecule has 1 amide bonds. The molecule has 6 nitrogen and oxygen atoms in total. The highest BCUT2D eigenvalue weighted by Gasteiger charge is 2.17. The predicted molar refractivity (Wildman–Crippen MR) is 131 cm³/mol. The fraction of sp³-hybridized carbons (Fsp3) is 0.192. The van der Waals surface area contributed by atoms with Gasteiger partial charge < -0.3 is 5.32 Å². The number of carbonyl (C=O) groups excluding carboxylic acids is 1. The van der Waals surface area contributed by atoms with Crippen molar-refractivity contribution in [1.82, 2.24) is 14.5 Å². The van der Waals surface area contributed by atoms with E-state index >= 15 is 0 Å². The van der Waals surface area contributed by atoms with Gasteiger partial charge in [-0.1, -0.05) is 41.9 Å². The summed E-state index contributed by atoms with van der Waals surface area (Å²) >= 11 is 6.20. The lowest BCUT2D eigenvalue weighted by molar-refractivity contribution is -0.120. The topological polar surface area (TPSA) is 73.1 Å². The third kappa shape index (κ3) is 4.65. The van der Waals surface area contributed by atoms with Crippen LogP contribution in [-0.2, 0) is 17.8 Å². The van der Waals surface area contributed by atoms with Crippen LogP contribution in [0.5, 0.6) is 0 Å². The van der Waals surface area contributed by atoms with Gasteiger partial charge in [0.05, 0.1) is 29.6 Å². The Morgan fingerprint density at radius 3 is 2.38 bits per heavy atom. The summed E-state index contributed by atoms with van der Waals surface area (Å²) in [5.41, 5.74) is 0.537. The van der Waals surface area contributed by atoms with E-state index in [1.165, 1.54) is 16.7 Å². The van der Waals surface area contributed by atoms with E-state index in [4.69, 9.17) is 11.6 Å². The normalized spacial score (nSPS) is 11.2. The van der Waals surface area contributed by atoms with Crippen LogP contribution in [-0.4, -0.2) is 21.1 Å². The number of carbonyl (C=O) groups is 1. The maximum absolute atomic E-state index is 14.5. The molecule has 0 spiro atoms. The van der Waals surface area contributed by atoms with Gasteiger partial charge in [0.25, 0.3) is 5.56 Å². The van der Waals surface area contributed by atoms with Crippen molar-refractivity contribution in [2.75, 3.05) is 0 Å². The zero-order valence-electron chi connectivity index (χ0n) is 18.7. The Morgan fingerprint density at radius 2 is 1.71 bits per heavy atom. The van der Waals surface area contributed by atoms with E-state index in [2.05, 4.69) is 5.32 Å². The van der Waals surface area contributed by atoms with Crippen LogP contribution in [0.4, 0.5) is 4.39 Å². The minimum absolute atomic E-state index is 0.0318. The number of aromatic nitrogens is 2. The highest BCUT2D eigenvalue weighted by atomic mass is 35.5. The summed E-state index contributed by atoms with van der Waals surface area (Å²) in [5.74, 6) is -0.653. The standard InChI is InChI=1S/C26H23ClFN3O3/c1-16(2)29-24(32)14-17-10-12-18(13-11-17)31-25(33)19-6-3-4-9-23(19)30(26(31)34)15-20-21(27)7-5-8-22(20)28/h3-13,16H,14-15H2,1-2H3,(H,29,32). The summed E-state index contributed by atoms with van der Waals surface area (Å²) < 4.78 is 16.9. The minimum atomic E-state index is -0.617. The summed E-state index contributed by atoms with van der Waals surface area (Å²) in [5, 5.41) is 3.33. The molecule has 0 bridgehead atoms. The van der Waals surface area contributed by atoms with Crippen molar-refractivity contribution in [3.05, 3.63) is 110 Å². The van der Waals surface area contributed by atoms with Gasteiger partial charge in [-0.05, 0) is 55.8 Å². The number of fused-ring (bicyclic) bond motifs is 1.